The summed E-state index contributed by atoms with van der Waals surface area (Å²) in [6.45, 7) is 6.01. The number of hydrogen-bond acceptors (Lipinski definition) is 3. The SMILES string of the molecule is COc1cccc(N2CCN(CC3CC3)CC2)c1. The monoisotopic (exact) mass is 246 g/mol. The second-order valence-electron chi connectivity index (χ2n) is 5.43. The molecule has 3 rings (SSSR count). The molecule has 3 heteroatoms. The van der Waals surface area contributed by atoms with Gasteiger partial charge in [0.25, 0.3) is 0 Å². The van der Waals surface area contributed by atoms with Gasteiger partial charge in [0.05, 0.1) is 7.11 Å². The molecule has 3 nitrogen and oxygen atoms in total. The van der Waals surface area contributed by atoms with Crippen molar-refractivity contribution in [3.05, 3.63) is 24.3 Å². The zero-order chi connectivity index (χ0) is 12.4. The van der Waals surface area contributed by atoms with Crippen molar-refractivity contribution in [2.75, 3.05) is 44.7 Å². The Kier molecular flexibility index (Phi) is 3.41. The molecular formula is C15H22N2O. The van der Waals surface area contributed by atoms with Crippen LogP contribution in [0.4, 0.5) is 5.69 Å². The molecule has 1 aromatic rings. The largest absolute Gasteiger partial charge is 0.497 e. The molecule has 0 radical (unpaired) electrons. The fourth-order valence-electron chi connectivity index (χ4n) is 2.66. The number of nitrogens with zero attached hydrogens (tertiary/aromatic N) is 2. The first-order valence-electron chi connectivity index (χ1n) is 6.96. The third-order valence-electron chi connectivity index (χ3n) is 4.00. The van der Waals surface area contributed by atoms with Crippen molar-refractivity contribution in [1.29, 1.82) is 0 Å². The van der Waals surface area contributed by atoms with Gasteiger partial charge < -0.3 is 9.64 Å². The van der Waals surface area contributed by atoms with E-state index in [0.717, 1.165) is 24.8 Å². The molecule has 1 aromatic carbocycles. The molecule has 1 aliphatic carbocycles. The lowest BCUT2D eigenvalue weighted by atomic mass is 10.2. The van der Waals surface area contributed by atoms with Crippen LogP contribution >= 0.6 is 0 Å². The van der Waals surface area contributed by atoms with Gasteiger partial charge in [0.15, 0.2) is 0 Å². The van der Waals surface area contributed by atoms with E-state index in [4.69, 9.17) is 4.74 Å². The van der Waals surface area contributed by atoms with Crippen molar-refractivity contribution in [2.24, 2.45) is 5.92 Å². The summed E-state index contributed by atoms with van der Waals surface area (Å²) < 4.78 is 5.29. The van der Waals surface area contributed by atoms with Crippen LogP contribution in [0, 0.1) is 5.92 Å². The normalized spacial score (nSPS) is 21.1. The van der Waals surface area contributed by atoms with E-state index in [9.17, 15) is 0 Å². The van der Waals surface area contributed by atoms with E-state index in [0.29, 0.717) is 0 Å². The average Bonchev–Trinajstić information content (AvgIpc) is 3.24. The van der Waals surface area contributed by atoms with E-state index in [-0.39, 0.29) is 0 Å². The first-order chi connectivity index (χ1) is 8.85. The highest BCUT2D eigenvalue weighted by molar-refractivity contribution is 5.51. The second-order valence-corrected chi connectivity index (χ2v) is 5.43. The molecular weight excluding hydrogens is 224 g/mol. The molecule has 0 bridgehead atoms. The fourth-order valence-corrected chi connectivity index (χ4v) is 2.66. The van der Waals surface area contributed by atoms with E-state index in [1.165, 1.54) is 38.2 Å². The highest BCUT2D eigenvalue weighted by atomic mass is 16.5. The van der Waals surface area contributed by atoms with Gasteiger partial charge >= 0.3 is 0 Å². The lowest BCUT2D eigenvalue weighted by molar-refractivity contribution is 0.248. The third kappa shape index (κ3) is 2.78. The Morgan fingerprint density at radius 3 is 2.61 bits per heavy atom. The molecule has 0 N–H and O–H groups in total. The van der Waals surface area contributed by atoms with Crippen LogP contribution in [0.25, 0.3) is 0 Å². The zero-order valence-electron chi connectivity index (χ0n) is 11.1. The van der Waals surface area contributed by atoms with Crippen LogP contribution in [0.2, 0.25) is 0 Å². The maximum absolute atomic E-state index is 5.29. The van der Waals surface area contributed by atoms with Gasteiger partial charge in [-0.15, -0.1) is 0 Å². The lowest BCUT2D eigenvalue weighted by Crippen LogP contribution is -2.47. The van der Waals surface area contributed by atoms with Crippen LogP contribution in [0.5, 0.6) is 5.75 Å². The maximum Gasteiger partial charge on any atom is 0.120 e. The van der Waals surface area contributed by atoms with Crippen LogP contribution in [-0.4, -0.2) is 44.7 Å². The van der Waals surface area contributed by atoms with Gasteiger partial charge in [0, 0.05) is 44.5 Å². The summed E-state index contributed by atoms with van der Waals surface area (Å²) in [5.74, 6) is 1.96. The summed E-state index contributed by atoms with van der Waals surface area (Å²) in [7, 11) is 1.73. The number of anilines is 1. The molecule has 0 spiro atoms. The van der Waals surface area contributed by atoms with Crippen LogP contribution in [0.15, 0.2) is 24.3 Å². The van der Waals surface area contributed by atoms with E-state index in [1.54, 1.807) is 7.11 Å². The Labute approximate surface area is 109 Å². The Hall–Kier alpha value is -1.22. The smallest absolute Gasteiger partial charge is 0.120 e. The number of rotatable bonds is 4. The predicted molar refractivity (Wildman–Crippen MR) is 74.4 cm³/mol. The Morgan fingerprint density at radius 2 is 1.94 bits per heavy atom. The van der Waals surface area contributed by atoms with E-state index in [1.807, 2.05) is 6.07 Å². The molecule has 1 heterocycles. The predicted octanol–water partition coefficient (Wildman–Crippen LogP) is 2.23. The summed E-state index contributed by atoms with van der Waals surface area (Å²) >= 11 is 0. The van der Waals surface area contributed by atoms with Crippen molar-refractivity contribution >= 4 is 5.69 Å². The summed E-state index contributed by atoms with van der Waals surface area (Å²) in [4.78, 5) is 5.08. The van der Waals surface area contributed by atoms with Gasteiger partial charge in [-0.3, -0.25) is 4.90 Å². The van der Waals surface area contributed by atoms with Gasteiger partial charge in [-0.05, 0) is 30.9 Å². The molecule has 0 aromatic heterocycles. The van der Waals surface area contributed by atoms with Crippen LogP contribution < -0.4 is 9.64 Å². The highest BCUT2D eigenvalue weighted by Gasteiger charge is 2.26. The van der Waals surface area contributed by atoms with Crippen molar-refractivity contribution in [2.45, 2.75) is 12.8 Å². The molecule has 1 aliphatic heterocycles. The van der Waals surface area contributed by atoms with Crippen LogP contribution in [0.3, 0.4) is 0 Å². The second kappa shape index (κ2) is 5.19. The number of hydrogen-bond donors (Lipinski definition) is 0. The minimum atomic E-state index is 0.952. The van der Waals surface area contributed by atoms with Crippen LogP contribution in [0.1, 0.15) is 12.8 Å². The molecule has 1 saturated heterocycles. The summed E-state index contributed by atoms with van der Waals surface area (Å²) in [5.41, 5.74) is 1.29. The number of piperazine rings is 1. The molecule has 0 amide bonds. The summed E-state index contributed by atoms with van der Waals surface area (Å²) in [5, 5.41) is 0. The summed E-state index contributed by atoms with van der Waals surface area (Å²) in [6.07, 6.45) is 2.91. The number of methoxy groups -OCH3 is 1. The molecule has 0 atom stereocenters. The van der Waals surface area contributed by atoms with E-state index < -0.39 is 0 Å². The van der Waals surface area contributed by atoms with Crippen LogP contribution in [-0.2, 0) is 0 Å². The Bertz CT molecular complexity index is 395. The van der Waals surface area contributed by atoms with E-state index in [2.05, 4.69) is 28.0 Å². The standard InChI is InChI=1S/C15H22N2O/c1-18-15-4-2-3-14(11-15)17-9-7-16(8-10-17)12-13-5-6-13/h2-4,11,13H,5-10,12H2,1H3. The molecule has 0 unspecified atom stereocenters. The van der Waals surface area contributed by atoms with Gasteiger partial charge in [0.1, 0.15) is 5.75 Å². The minimum absolute atomic E-state index is 0.952. The van der Waals surface area contributed by atoms with Gasteiger partial charge in [-0.2, -0.15) is 0 Å². The molecule has 2 aliphatic rings. The first-order valence-corrected chi connectivity index (χ1v) is 6.96. The van der Waals surface area contributed by atoms with Gasteiger partial charge in [-0.25, -0.2) is 0 Å². The van der Waals surface area contributed by atoms with Gasteiger partial charge in [0.2, 0.25) is 0 Å². The minimum Gasteiger partial charge on any atom is -0.497 e. The third-order valence-corrected chi connectivity index (χ3v) is 4.00. The zero-order valence-corrected chi connectivity index (χ0v) is 11.1. The van der Waals surface area contributed by atoms with Crippen molar-refractivity contribution in [3.8, 4) is 5.75 Å². The van der Waals surface area contributed by atoms with Crippen molar-refractivity contribution in [3.63, 3.8) is 0 Å². The fraction of sp³-hybridized carbons (Fsp3) is 0.600. The topological polar surface area (TPSA) is 15.7 Å². The molecule has 98 valence electrons. The molecule has 18 heavy (non-hydrogen) atoms. The number of benzene rings is 1. The Balaban J connectivity index is 1.57. The molecule has 2 fully saturated rings. The van der Waals surface area contributed by atoms with Gasteiger partial charge in [-0.1, -0.05) is 6.07 Å². The quantitative estimate of drug-likeness (QED) is 0.810. The number of ether oxygens (including phenoxy) is 1. The Morgan fingerprint density at radius 1 is 1.17 bits per heavy atom. The first kappa shape index (κ1) is 11.8. The average molecular weight is 246 g/mol. The lowest BCUT2D eigenvalue weighted by Gasteiger charge is -2.36. The highest BCUT2D eigenvalue weighted by Crippen LogP contribution is 2.30. The summed E-state index contributed by atoms with van der Waals surface area (Å²) in [6, 6.07) is 8.40. The van der Waals surface area contributed by atoms with Crippen molar-refractivity contribution < 1.29 is 4.74 Å². The molecule has 1 saturated carbocycles. The van der Waals surface area contributed by atoms with E-state index >= 15 is 0 Å². The maximum atomic E-state index is 5.29. The van der Waals surface area contributed by atoms with Crippen molar-refractivity contribution in [1.82, 2.24) is 4.90 Å².